The maximum Gasteiger partial charge on any atom is 0.336 e. The van der Waals surface area contributed by atoms with Crippen LogP contribution in [0.5, 0.6) is 17.2 Å². The first-order valence-electron chi connectivity index (χ1n) is 26.6. The molecule has 0 saturated carbocycles. The Hall–Kier alpha value is -6.85. The van der Waals surface area contributed by atoms with Gasteiger partial charge in [0, 0.05) is 30.6 Å². The second-order valence-electron chi connectivity index (χ2n) is 18.3. The van der Waals surface area contributed by atoms with E-state index in [4.69, 9.17) is 33.2 Å². The summed E-state index contributed by atoms with van der Waals surface area (Å²) in [5.41, 5.74) is 7.66. The topological polar surface area (TPSA) is 103 Å². The van der Waals surface area contributed by atoms with Crippen LogP contribution in [0.15, 0.2) is 196 Å². The van der Waals surface area contributed by atoms with Gasteiger partial charge in [-0.05, 0) is 168 Å². The third kappa shape index (κ3) is 24.8. The van der Waals surface area contributed by atoms with E-state index in [0.29, 0.717) is 36.1 Å². The average molecular weight is 1020 g/mol. The summed E-state index contributed by atoms with van der Waals surface area (Å²) in [5, 5.41) is 9.68. The van der Waals surface area contributed by atoms with Crippen LogP contribution in [0.4, 0.5) is 0 Å². The zero-order valence-corrected chi connectivity index (χ0v) is 45.9. The molecular formula is C65H84N2O8. The maximum atomic E-state index is 11.1. The summed E-state index contributed by atoms with van der Waals surface area (Å²) in [6.45, 7) is 25.3. The van der Waals surface area contributed by atoms with Crippen LogP contribution in [0, 0.1) is 0 Å². The lowest BCUT2D eigenvalue weighted by Crippen LogP contribution is -2.27. The molecule has 10 heteroatoms. The molecule has 7 rings (SSSR count). The first kappa shape index (κ1) is 60.7. The van der Waals surface area contributed by atoms with E-state index in [1.165, 1.54) is 66.2 Å². The smallest absolute Gasteiger partial charge is 0.336 e. The molecule has 1 aliphatic heterocycles. The van der Waals surface area contributed by atoms with Gasteiger partial charge in [0.2, 0.25) is 0 Å². The molecule has 0 radical (unpaired) electrons. The first-order chi connectivity index (χ1) is 36.5. The third-order valence-electron chi connectivity index (χ3n) is 12.4. The number of hydrogen-bond donors (Lipinski definition) is 1. The van der Waals surface area contributed by atoms with Crippen molar-refractivity contribution in [2.24, 2.45) is 0 Å². The molecule has 1 aromatic heterocycles. The minimum atomic E-state index is -0.379. The number of methoxy groups -OCH3 is 1. The summed E-state index contributed by atoms with van der Waals surface area (Å²) in [6, 6.07) is 46.5. The molecule has 2 heterocycles. The van der Waals surface area contributed by atoms with Gasteiger partial charge in [0.1, 0.15) is 49.3 Å². The first-order valence-corrected chi connectivity index (χ1v) is 26.6. The van der Waals surface area contributed by atoms with Crippen LogP contribution in [0.25, 0.3) is 11.0 Å². The van der Waals surface area contributed by atoms with Crippen LogP contribution in [0.2, 0.25) is 0 Å². The van der Waals surface area contributed by atoms with E-state index < -0.39 is 0 Å². The number of hydrogen-bond acceptors (Lipinski definition) is 10. The van der Waals surface area contributed by atoms with E-state index in [0.717, 1.165) is 81.1 Å². The van der Waals surface area contributed by atoms with Crippen LogP contribution in [0.3, 0.4) is 0 Å². The van der Waals surface area contributed by atoms with Crippen molar-refractivity contribution in [3.63, 3.8) is 0 Å². The van der Waals surface area contributed by atoms with Crippen LogP contribution in [-0.2, 0) is 22.3 Å². The van der Waals surface area contributed by atoms with Crippen LogP contribution < -0.4 is 19.8 Å². The Labute approximate surface area is 448 Å². The van der Waals surface area contributed by atoms with Gasteiger partial charge < -0.3 is 38.1 Å². The molecule has 5 aromatic carbocycles. The van der Waals surface area contributed by atoms with Gasteiger partial charge in [-0.2, -0.15) is 0 Å². The Bertz CT molecular complexity index is 2540. The molecule has 0 spiro atoms. The monoisotopic (exact) mass is 1020 g/mol. The summed E-state index contributed by atoms with van der Waals surface area (Å²) < 4.78 is 32.7. The molecular weight excluding hydrogens is 937 g/mol. The summed E-state index contributed by atoms with van der Waals surface area (Å²) in [4.78, 5) is 15.9. The fourth-order valence-corrected chi connectivity index (χ4v) is 7.92. The highest BCUT2D eigenvalue weighted by Gasteiger charge is 2.11. The van der Waals surface area contributed by atoms with Crippen molar-refractivity contribution in [2.45, 2.75) is 80.1 Å². The zero-order chi connectivity index (χ0) is 53.9. The van der Waals surface area contributed by atoms with E-state index in [1.54, 1.807) is 25.3 Å². The minimum absolute atomic E-state index is 0.0238. The van der Waals surface area contributed by atoms with E-state index >= 15 is 0 Å². The van der Waals surface area contributed by atoms with E-state index in [9.17, 15) is 4.79 Å². The molecule has 0 aliphatic carbocycles. The number of likely N-dealkylation sites (tertiary alicyclic amines) is 1. The van der Waals surface area contributed by atoms with Gasteiger partial charge in [0.05, 0.1) is 13.7 Å². The maximum absolute atomic E-state index is 11.1. The Morgan fingerprint density at radius 1 is 0.680 bits per heavy atom. The lowest BCUT2D eigenvalue weighted by Gasteiger charge is -2.18. The van der Waals surface area contributed by atoms with E-state index in [1.807, 2.05) is 32.1 Å². The molecule has 0 unspecified atom stereocenters. The standard InChI is InChI=1S/C19H23NO.C19H25NO.C14H14O4.C13H22O2/c1-2-6-17(7-3-1)16-18-8-10-19(11-9-18)21-15-14-20-12-4-5-13-20;1-3-20(4-2)14-15-21-19-12-10-18(11-13-19)16-17-8-6-5-7-9-17;1-10(9-15)6-7-17-12-4-2-11-3-5-14(16)18-13(11)8-12;1-6-8-11(3)9-10-15-12(4)13(7-2)14-5/h1-3,6-11H,4-5,12-16H2;5-13H,3-4,14-16H2,1-2H3;2-6,8,15H,7,9H2,1H3;7,9H,4,6,8,10H2,1-3,5H3/b;;10-6+;11-9+,13-7+. The van der Waals surface area contributed by atoms with Gasteiger partial charge in [-0.15, -0.1) is 0 Å². The molecule has 0 amide bonds. The number of benzene rings is 5. The molecule has 75 heavy (non-hydrogen) atoms. The number of fused-ring (bicyclic) bond motifs is 1. The number of rotatable bonds is 25. The summed E-state index contributed by atoms with van der Waals surface area (Å²) in [6.07, 6.45) is 12.6. The summed E-state index contributed by atoms with van der Waals surface area (Å²) in [5.74, 6) is 3.83. The Balaban J connectivity index is 0.000000218. The molecule has 1 fully saturated rings. The van der Waals surface area contributed by atoms with Crippen LogP contribution >= 0.6 is 0 Å². The van der Waals surface area contributed by atoms with E-state index in [-0.39, 0.29) is 12.2 Å². The van der Waals surface area contributed by atoms with E-state index in [2.05, 4.69) is 159 Å². The molecule has 1 aliphatic rings. The second-order valence-corrected chi connectivity index (χ2v) is 18.3. The fourth-order valence-electron chi connectivity index (χ4n) is 7.92. The van der Waals surface area contributed by atoms with Crippen molar-refractivity contribution in [1.29, 1.82) is 0 Å². The van der Waals surface area contributed by atoms with Crippen molar-refractivity contribution in [1.82, 2.24) is 9.80 Å². The van der Waals surface area contributed by atoms with Crippen molar-refractivity contribution >= 4 is 11.0 Å². The molecule has 0 bridgehead atoms. The van der Waals surface area contributed by atoms with Crippen LogP contribution in [0.1, 0.15) is 89.5 Å². The number of allylic oxidation sites excluding steroid dienone is 2. The van der Waals surface area contributed by atoms with Gasteiger partial charge in [-0.25, -0.2) is 4.79 Å². The normalized spacial score (nSPS) is 12.6. The number of aliphatic hydroxyl groups excluding tert-OH is 1. The third-order valence-corrected chi connectivity index (χ3v) is 12.4. The number of aliphatic hydroxyl groups is 1. The van der Waals surface area contributed by atoms with Gasteiger partial charge >= 0.3 is 5.63 Å². The van der Waals surface area contributed by atoms with Gasteiger partial charge in [0.25, 0.3) is 0 Å². The molecule has 6 aromatic rings. The zero-order valence-electron chi connectivity index (χ0n) is 45.9. The minimum Gasteiger partial charge on any atom is -0.493 e. The molecule has 402 valence electrons. The highest BCUT2D eigenvalue weighted by Crippen LogP contribution is 2.21. The van der Waals surface area contributed by atoms with Crippen molar-refractivity contribution < 1.29 is 33.2 Å². The number of likely N-dealkylation sites (N-methyl/N-ethyl adjacent to an activating group) is 1. The predicted octanol–water partition coefficient (Wildman–Crippen LogP) is 13.7. The molecule has 0 atom stereocenters. The highest BCUT2D eigenvalue weighted by molar-refractivity contribution is 5.77. The van der Waals surface area contributed by atoms with Gasteiger partial charge in [0.15, 0.2) is 11.5 Å². The lowest BCUT2D eigenvalue weighted by molar-refractivity contribution is 0.198. The lowest BCUT2D eigenvalue weighted by atomic mass is 10.1. The average Bonchev–Trinajstić information content (AvgIpc) is 3.96. The van der Waals surface area contributed by atoms with Gasteiger partial charge in [-0.3, -0.25) is 4.90 Å². The Kier molecular flexibility index (Phi) is 29.3. The largest absolute Gasteiger partial charge is 0.493 e. The van der Waals surface area contributed by atoms with Crippen molar-refractivity contribution in [3.8, 4) is 17.2 Å². The highest BCUT2D eigenvalue weighted by atomic mass is 16.5. The van der Waals surface area contributed by atoms with Crippen molar-refractivity contribution in [3.05, 3.63) is 220 Å². The molecule has 1 saturated heterocycles. The van der Waals surface area contributed by atoms with Crippen LogP contribution in [-0.4, -0.2) is 94.3 Å². The van der Waals surface area contributed by atoms with Gasteiger partial charge in [-0.1, -0.05) is 124 Å². The Morgan fingerprint density at radius 2 is 1.21 bits per heavy atom. The quantitative estimate of drug-likeness (QED) is 0.0258. The SMILES string of the molecule is C/C(=C\COc1ccc2ccc(=O)oc2c1)CO.C=C(OC/C=C(\C)CCC)/C(=C\C)OC.CCN(CC)CCOc1ccc(Cc2ccccc2)cc1.c1ccc(Cc2ccc(OCCN3CCCC3)cc2)cc1. The summed E-state index contributed by atoms with van der Waals surface area (Å²) >= 11 is 0. The second kappa shape index (κ2) is 36.2. The molecule has 10 nitrogen and oxygen atoms in total. The molecule has 1 N–H and O–H groups in total. The summed E-state index contributed by atoms with van der Waals surface area (Å²) in [7, 11) is 1.61. The fraction of sp³-hybridized carbons (Fsp3) is 0.369. The number of nitrogens with zero attached hydrogens (tertiary/aromatic N) is 2. The predicted molar refractivity (Wildman–Crippen MR) is 309 cm³/mol. The Morgan fingerprint density at radius 3 is 1.75 bits per heavy atom. The number of ether oxygens (including phenoxy) is 5. The van der Waals surface area contributed by atoms with Crippen molar-refractivity contribution in [2.75, 3.05) is 79.4 Å².